The molecule has 1 heterocycles. The molecule has 1 fully saturated rings. The van der Waals surface area contributed by atoms with Gasteiger partial charge in [0.25, 0.3) is 0 Å². The van der Waals surface area contributed by atoms with Crippen LogP contribution in [-0.2, 0) is 4.74 Å². The lowest BCUT2D eigenvalue weighted by Gasteiger charge is -2.16. The average molecular weight is 277 g/mol. The van der Waals surface area contributed by atoms with Crippen molar-refractivity contribution in [1.29, 1.82) is 0 Å². The SMILES string of the molecule is Cc1cc(C(Cl)CC2CCCO2)c(Cl)cc1F. The van der Waals surface area contributed by atoms with E-state index in [2.05, 4.69) is 0 Å². The van der Waals surface area contributed by atoms with Gasteiger partial charge in [-0.05, 0) is 43.4 Å². The molecule has 1 aliphatic rings. The zero-order valence-corrected chi connectivity index (χ0v) is 11.2. The summed E-state index contributed by atoms with van der Waals surface area (Å²) in [6.45, 7) is 2.52. The fourth-order valence-corrected chi connectivity index (χ4v) is 2.82. The van der Waals surface area contributed by atoms with E-state index in [9.17, 15) is 4.39 Å². The largest absolute Gasteiger partial charge is 0.378 e. The summed E-state index contributed by atoms with van der Waals surface area (Å²) in [6, 6.07) is 3.06. The zero-order valence-electron chi connectivity index (χ0n) is 9.68. The molecule has 1 saturated heterocycles. The molecule has 1 aromatic carbocycles. The normalized spacial score (nSPS) is 21.8. The molecule has 0 amide bonds. The van der Waals surface area contributed by atoms with Gasteiger partial charge in [0, 0.05) is 11.6 Å². The average Bonchev–Trinajstić information content (AvgIpc) is 2.76. The van der Waals surface area contributed by atoms with Crippen LogP contribution in [0, 0.1) is 12.7 Å². The predicted molar refractivity (Wildman–Crippen MR) is 68.3 cm³/mol. The van der Waals surface area contributed by atoms with Crippen molar-refractivity contribution >= 4 is 23.2 Å². The van der Waals surface area contributed by atoms with Crippen molar-refractivity contribution in [2.45, 2.75) is 37.7 Å². The number of hydrogen-bond acceptors (Lipinski definition) is 1. The van der Waals surface area contributed by atoms with E-state index in [-0.39, 0.29) is 17.3 Å². The number of benzene rings is 1. The first-order chi connectivity index (χ1) is 8.08. The molecule has 2 atom stereocenters. The van der Waals surface area contributed by atoms with Gasteiger partial charge in [-0.3, -0.25) is 0 Å². The van der Waals surface area contributed by atoms with E-state index >= 15 is 0 Å². The molecule has 94 valence electrons. The fourth-order valence-electron chi connectivity index (χ4n) is 2.11. The first-order valence-corrected chi connectivity index (χ1v) is 6.60. The summed E-state index contributed by atoms with van der Waals surface area (Å²) < 4.78 is 18.8. The number of alkyl halides is 1. The van der Waals surface area contributed by atoms with E-state index in [1.807, 2.05) is 0 Å². The second-order valence-corrected chi connectivity index (χ2v) is 5.40. The highest BCUT2D eigenvalue weighted by Gasteiger charge is 2.22. The number of ether oxygens (including phenoxy) is 1. The second kappa shape index (κ2) is 5.55. The molecule has 17 heavy (non-hydrogen) atoms. The van der Waals surface area contributed by atoms with Gasteiger partial charge in [0.15, 0.2) is 0 Å². The van der Waals surface area contributed by atoms with Crippen LogP contribution < -0.4 is 0 Å². The van der Waals surface area contributed by atoms with Crippen LogP contribution in [0.4, 0.5) is 4.39 Å². The number of hydrogen-bond donors (Lipinski definition) is 0. The maximum atomic E-state index is 13.3. The molecule has 0 bridgehead atoms. The minimum absolute atomic E-state index is 0.207. The molecule has 2 unspecified atom stereocenters. The van der Waals surface area contributed by atoms with Gasteiger partial charge in [-0.2, -0.15) is 0 Å². The third-order valence-corrected chi connectivity index (χ3v) is 3.85. The molecule has 0 saturated carbocycles. The minimum Gasteiger partial charge on any atom is -0.378 e. The van der Waals surface area contributed by atoms with Crippen molar-refractivity contribution in [2.75, 3.05) is 6.61 Å². The van der Waals surface area contributed by atoms with E-state index in [1.54, 1.807) is 13.0 Å². The molecular formula is C13H15Cl2FO. The van der Waals surface area contributed by atoms with Crippen molar-refractivity contribution in [2.24, 2.45) is 0 Å². The van der Waals surface area contributed by atoms with Gasteiger partial charge >= 0.3 is 0 Å². The second-order valence-electron chi connectivity index (χ2n) is 4.46. The van der Waals surface area contributed by atoms with Crippen molar-refractivity contribution < 1.29 is 9.13 Å². The van der Waals surface area contributed by atoms with Crippen molar-refractivity contribution in [3.05, 3.63) is 34.1 Å². The Morgan fingerprint density at radius 3 is 2.94 bits per heavy atom. The van der Waals surface area contributed by atoms with Gasteiger partial charge in [-0.25, -0.2) is 4.39 Å². The predicted octanol–water partition coefficient (Wildman–Crippen LogP) is 4.64. The quantitative estimate of drug-likeness (QED) is 0.731. The molecular weight excluding hydrogens is 262 g/mol. The topological polar surface area (TPSA) is 9.23 Å². The van der Waals surface area contributed by atoms with Crippen LogP contribution >= 0.6 is 23.2 Å². The Hall–Kier alpha value is -0.310. The van der Waals surface area contributed by atoms with E-state index in [0.717, 1.165) is 31.4 Å². The maximum absolute atomic E-state index is 13.3. The summed E-state index contributed by atoms with van der Waals surface area (Å²) in [6.07, 6.45) is 3.07. The molecule has 0 aromatic heterocycles. The Kier molecular flexibility index (Phi) is 4.29. The van der Waals surface area contributed by atoms with Crippen LogP contribution in [0.3, 0.4) is 0 Å². The van der Waals surface area contributed by atoms with Gasteiger partial charge in [-0.1, -0.05) is 17.7 Å². The van der Waals surface area contributed by atoms with E-state index in [0.29, 0.717) is 10.6 Å². The molecule has 0 spiro atoms. The van der Waals surface area contributed by atoms with Gasteiger partial charge in [0.1, 0.15) is 5.82 Å². The zero-order chi connectivity index (χ0) is 12.4. The first-order valence-electron chi connectivity index (χ1n) is 5.79. The van der Waals surface area contributed by atoms with Crippen molar-refractivity contribution in [3.8, 4) is 0 Å². The highest BCUT2D eigenvalue weighted by atomic mass is 35.5. The Morgan fingerprint density at radius 1 is 1.53 bits per heavy atom. The molecule has 1 aliphatic heterocycles. The monoisotopic (exact) mass is 276 g/mol. The Bertz CT molecular complexity index is 403. The standard InChI is InChI=1S/C13H15Cl2FO/c1-8-5-10(12(15)7-13(8)16)11(14)6-9-3-2-4-17-9/h5,7,9,11H,2-4,6H2,1H3. The maximum Gasteiger partial charge on any atom is 0.127 e. The molecule has 0 aliphatic carbocycles. The summed E-state index contributed by atoms with van der Waals surface area (Å²) >= 11 is 12.3. The van der Waals surface area contributed by atoms with Crippen molar-refractivity contribution in [1.82, 2.24) is 0 Å². The van der Waals surface area contributed by atoms with Gasteiger partial charge in [0.2, 0.25) is 0 Å². The first kappa shape index (κ1) is 13.1. The molecule has 1 nitrogen and oxygen atoms in total. The minimum atomic E-state index is -0.292. The molecule has 1 aromatic rings. The van der Waals surface area contributed by atoms with Crippen molar-refractivity contribution in [3.63, 3.8) is 0 Å². The van der Waals surface area contributed by atoms with Crippen LogP contribution in [0.1, 0.15) is 35.8 Å². The van der Waals surface area contributed by atoms with E-state index in [1.165, 1.54) is 6.07 Å². The number of halogens is 3. The summed E-state index contributed by atoms with van der Waals surface area (Å²) in [5.74, 6) is -0.292. The van der Waals surface area contributed by atoms with Crippen LogP contribution in [0.15, 0.2) is 12.1 Å². The number of aryl methyl sites for hydroxylation is 1. The van der Waals surface area contributed by atoms with E-state index < -0.39 is 0 Å². The summed E-state index contributed by atoms with van der Waals surface area (Å²) in [5, 5.41) is 0.177. The lowest BCUT2D eigenvalue weighted by Crippen LogP contribution is -2.09. The van der Waals surface area contributed by atoms with Crippen LogP contribution in [0.2, 0.25) is 5.02 Å². The third-order valence-electron chi connectivity index (χ3n) is 3.11. The Morgan fingerprint density at radius 2 is 2.29 bits per heavy atom. The third kappa shape index (κ3) is 3.12. The Labute approximate surface area is 111 Å². The molecule has 4 heteroatoms. The summed E-state index contributed by atoms with van der Waals surface area (Å²) in [5.41, 5.74) is 1.37. The molecule has 2 rings (SSSR count). The Balaban J connectivity index is 2.12. The van der Waals surface area contributed by atoms with E-state index in [4.69, 9.17) is 27.9 Å². The van der Waals surface area contributed by atoms with Gasteiger partial charge in [-0.15, -0.1) is 11.6 Å². The fraction of sp³-hybridized carbons (Fsp3) is 0.538. The summed E-state index contributed by atoms with van der Waals surface area (Å²) in [4.78, 5) is 0. The summed E-state index contributed by atoms with van der Waals surface area (Å²) in [7, 11) is 0. The lowest BCUT2D eigenvalue weighted by molar-refractivity contribution is 0.103. The highest BCUT2D eigenvalue weighted by Crippen LogP contribution is 2.35. The van der Waals surface area contributed by atoms with Crippen LogP contribution in [0.25, 0.3) is 0 Å². The molecule has 0 radical (unpaired) electrons. The van der Waals surface area contributed by atoms with Gasteiger partial charge in [0.05, 0.1) is 11.5 Å². The molecule has 0 N–H and O–H groups in total. The van der Waals surface area contributed by atoms with Gasteiger partial charge < -0.3 is 4.74 Å². The lowest BCUT2D eigenvalue weighted by atomic mass is 10.0. The number of rotatable bonds is 3. The highest BCUT2D eigenvalue weighted by molar-refractivity contribution is 6.32. The van der Waals surface area contributed by atoms with Crippen LogP contribution in [-0.4, -0.2) is 12.7 Å². The van der Waals surface area contributed by atoms with Crippen LogP contribution in [0.5, 0.6) is 0 Å². The smallest absolute Gasteiger partial charge is 0.127 e.